The number of benzene rings is 1. The normalized spacial score (nSPS) is 18.4. The number of aliphatic hydroxyl groups excluding tert-OH is 2. The first-order valence-corrected chi connectivity index (χ1v) is 8.52. The molecule has 6 nitrogen and oxygen atoms in total. The molecule has 0 amide bonds. The van der Waals surface area contributed by atoms with Gasteiger partial charge in [0.15, 0.2) is 0 Å². The average Bonchev–Trinajstić information content (AvgIpc) is 3.11. The van der Waals surface area contributed by atoms with Crippen LogP contribution in [0.2, 0.25) is 5.02 Å². The quantitative estimate of drug-likeness (QED) is 0.728. The molecule has 1 fully saturated rings. The van der Waals surface area contributed by atoms with Crippen LogP contribution in [0.1, 0.15) is 24.5 Å². The second kappa shape index (κ2) is 7.95. The lowest BCUT2D eigenvalue weighted by Crippen LogP contribution is -2.32. The molecule has 134 valence electrons. The Bertz CT molecular complexity index is 734. The topological polar surface area (TPSA) is 81.5 Å². The molecule has 1 aromatic carbocycles. The summed E-state index contributed by atoms with van der Waals surface area (Å²) >= 11 is 5.65. The molecule has 0 bridgehead atoms. The van der Waals surface area contributed by atoms with Gasteiger partial charge < -0.3 is 20.4 Å². The smallest absolute Gasteiger partial charge is 0.142 e. The summed E-state index contributed by atoms with van der Waals surface area (Å²) in [7, 11) is 0. The van der Waals surface area contributed by atoms with Crippen molar-refractivity contribution < 1.29 is 14.6 Å². The molecule has 25 heavy (non-hydrogen) atoms. The first-order chi connectivity index (χ1) is 12.1. The van der Waals surface area contributed by atoms with Crippen LogP contribution in [0.4, 0.5) is 16.0 Å². The van der Waals surface area contributed by atoms with Crippen molar-refractivity contribution in [2.24, 2.45) is 0 Å². The van der Waals surface area contributed by atoms with Crippen molar-refractivity contribution >= 4 is 23.2 Å². The molecule has 3 rings (SSSR count). The fraction of sp³-hybridized carbons (Fsp3) is 0.412. The van der Waals surface area contributed by atoms with E-state index in [0.29, 0.717) is 11.4 Å². The van der Waals surface area contributed by atoms with Gasteiger partial charge in [0.1, 0.15) is 23.8 Å². The van der Waals surface area contributed by atoms with E-state index in [9.17, 15) is 14.6 Å². The molecule has 1 aromatic heterocycles. The minimum Gasteiger partial charge on any atom is -0.394 e. The second-order valence-corrected chi connectivity index (χ2v) is 6.41. The zero-order chi connectivity index (χ0) is 17.8. The lowest BCUT2D eigenvalue weighted by Gasteiger charge is -2.24. The van der Waals surface area contributed by atoms with Crippen LogP contribution in [-0.4, -0.2) is 45.9 Å². The van der Waals surface area contributed by atoms with E-state index < -0.39 is 11.9 Å². The van der Waals surface area contributed by atoms with E-state index in [-0.39, 0.29) is 24.2 Å². The summed E-state index contributed by atoms with van der Waals surface area (Å²) in [6, 6.07) is 6.07. The first kappa shape index (κ1) is 17.8. The predicted octanol–water partition coefficient (Wildman–Crippen LogP) is 2.38. The Kier molecular flexibility index (Phi) is 5.67. The van der Waals surface area contributed by atoms with Crippen LogP contribution in [0, 0.1) is 5.82 Å². The number of nitrogens with zero attached hydrogens (tertiary/aromatic N) is 3. The van der Waals surface area contributed by atoms with Gasteiger partial charge in [-0.05, 0) is 30.5 Å². The van der Waals surface area contributed by atoms with Crippen LogP contribution in [-0.2, 0) is 0 Å². The van der Waals surface area contributed by atoms with Crippen molar-refractivity contribution in [3.05, 3.63) is 47.0 Å². The molecule has 2 heterocycles. The van der Waals surface area contributed by atoms with Gasteiger partial charge in [0, 0.05) is 19.2 Å². The minimum atomic E-state index is -0.901. The van der Waals surface area contributed by atoms with Gasteiger partial charge in [0.25, 0.3) is 0 Å². The standard InChI is InChI=1S/C17H20ClFN4O2/c18-13-4-3-11(6-14(13)19)15(25)8-20-16-7-17(22-10-21-16)23-5-1-2-12(23)9-24/h3-4,6-7,10,12,15,24-25H,1-2,5,8-9H2,(H,20,21,22). The third kappa shape index (κ3) is 4.18. The highest BCUT2D eigenvalue weighted by atomic mass is 35.5. The highest BCUT2D eigenvalue weighted by Crippen LogP contribution is 2.25. The van der Waals surface area contributed by atoms with E-state index in [1.165, 1.54) is 18.5 Å². The van der Waals surface area contributed by atoms with E-state index >= 15 is 0 Å². The van der Waals surface area contributed by atoms with E-state index in [1.54, 1.807) is 12.1 Å². The molecule has 1 aliphatic heterocycles. The van der Waals surface area contributed by atoms with Gasteiger partial charge in [0.05, 0.1) is 23.8 Å². The molecule has 2 unspecified atom stereocenters. The van der Waals surface area contributed by atoms with Crippen LogP contribution in [0.15, 0.2) is 30.6 Å². The van der Waals surface area contributed by atoms with Crippen LogP contribution in [0.5, 0.6) is 0 Å². The Labute approximate surface area is 150 Å². The Morgan fingerprint density at radius 2 is 2.20 bits per heavy atom. The number of aromatic nitrogens is 2. The number of rotatable bonds is 6. The van der Waals surface area contributed by atoms with Gasteiger partial charge in [-0.25, -0.2) is 14.4 Å². The molecule has 2 aromatic rings. The van der Waals surface area contributed by atoms with Gasteiger partial charge in [-0.15, -0.1) is 0 Å². The molecule has 0 aliphatic carbocycles. The largest absolute Gasteiger partial charge is 0.394 e. The summed E-state index contributed by atoms with van der Waals surface area (Å²) in [5.74, 6) is 0.731. The molecule has 0 radical (unpaired) electrons. The Morgan fingerprint density at radius 1 is 1.36 bits per heavy atom. The average molecular weight is 367 g/mol. The zero-order valence-corrected chi connectivity index (χ0v) is 14.3. The number of hydrogen-bond donors (Lipinski definition) is 3. The summed E-state index contributed by atoms with van der Waals surface area (Å²) in [6.45, 7) is 1.10. The maximum atomic E-state index is 13.5. The molecule has 0 saturated carbocycles. The molecule has 0 spiro atoms. The van der Waals surface area contributed by atoms with E-state index in [1.807, 2.05) is 0 Å². The monoisotopic (exact) mass is 366 g/mol. The van der Waals surface area contributed by atoms with Crippen molar-refractivity contribution in [3.63, 3.8) is 0 Å². The lowest BCUT2D eigenvalue weighted by atomic mass is 10.1. The number of hydrogen-bond acceptors (Lipinski definition) is 6. The summed E-state index contributed by atoms with van der Waals surface area (Å²) < 4.78 is 13.5. The molecule has 8 heteroatoms. The van der Waals surface area contributed by atoms with Crippen molar-refractivity contribution in [3.8, 4) is 0 Å². The van der Waals surface area contributed by atoms with Crippen molar-refractivity contribution in [2.45, 2.75) is 25.0 Å². The predicted molar refractivity (Wildman–Crippen MR) is 94.3 cm³/mol. The zero-order valence-electron chi connectivity index (χ0n) is 13.6. The SMILES string of the molecule is OCC1CCCN1c1cc(NCC(O)c2ccc(Cl)c(F)c2)ncn1. The summed E-state index contributed by atoms with van der Waals surface area (Å²) in [5.41, 5.74) is 0.434. The molecule has 3 N–H and O–H groups in total. The highest BCUT2D eigenvalue weighted by Gasteiger charge is 2.25. The summed E-state index contributed by atoms with van der Waals surface area (Å²) in [5, 5.41) is 22.7. The lowest BCUT2D eigenvalue weighted by molar-refractivity contribution is 0.191. The minimum absolute atomic E-state index is 0.0217. The van der Waals surface area contributed by atoms with Crippen molar-refractivity contribution in [2.75, 3.05) is 29.9 Å². The van der Waals surface area contributed by atoms with Crippen LogP contribution in [0.25, 0.3) is 0 Å². The maximum absolute atomic E-state index is 13.5. The number of nitrogens with one attached hydrogen (secondary N) is 1. The van der Waals surface area contributed by atoms with Gasteiger partial charge in [-0.2, -0.15) is 0 Å². The van der Waals surface area contributed by atoms with Crippen molar-refractivity contribution in [1.82, 2.24) is 9.97 Å². The van der Waals surface area contributed by atoms with E-state index in [0.717, 1.165) is 25.2 Å². The number of halogens is 2. The van der Waals surface area contributed by atoms with Crippen LogP contribution < -0.4 is 10.2 Å². The molecular weight excluding hydrogens is 347 g/mol. The van der Waals surface area contributed by atoms with E-state index in [4.69, 9.17) is 11.6 Å². The van der Waals surface area contributed by atoms with Gasteiger partial charge in [-0.3, -0.25) is 0 Å². The fourth-order valence-corrected chi connectivity index (χ4v) is 3.08. The van der Waals surface area contributed by atoms with Crippen LogP contribution in [0.3, 0.4) is 0 Å². The Hall–Kier alpha value is -1.96. The van der Waals surface area contributed by atoms with E-state index in [2.05, 4.69) is 20.2 Å². The van der Waals surface area contributed by atoms with Crippen LogP contribution >= 0.6 is 11.6 Å². The molecule has 1 saturated heterocycles. The Balaban J connectivity index is 1.65. The highest BCUT2D eigenvalue weighted by molar-refractivity contribution is 6.30. The summed E-state index contributed by atoms with van der Waals surface area (Å²) in [6.07, 6.45) is 2.49. The van der Waals surface area contributed by atoms with Gasteiger partial charge >= 0.3 is 0 Å². The number of anilines is 2. The fourth-order valence-electron chi connectivity index (χ4n) is 2.97. The first-order valence-electron chi connectivity index (χ1n) is 8.15. The molecule has 1 aliphatic rings. The second-order valence-electron chi connectivity index (χ2n) is 6.00. The maximum Gasteiger partial charge on any atom is 0.142 e. The third-order valence-electron chi connectivity index (χ3n) is 4.34. The Morgan fingerprint density at radius 3 is 2.96 bits per heavy atom. The van der Waals surface area contributed by atoms with Gasteiger partial charge in [-0.1, -0.05) is 17.7 Å². The number of aliphatic hydroxyl groups is 2. The molecular formula is C17H20ClFN4O2. The van der Waals surface area contributed by atoms with Gasteiger partial charge in [0.2, 0.25) is 0 Å². The third-order valence-corrected chi connectivity index (χ3v) is 4.65. The summed E-state index contributed by atoms with van der Waals surface area (Å²) in [4.78, 5) is 10.5. The van der Waals surface area contributed by atoms with Crippen molar-refractivity contribution in [1.29, 1.82) is 0 Å². The molecule has 2 atom stereocenters.